The Hall–Kier alpha value is -2.92. The smallest absolute Gasteiger partial charge is 0.417 e. The molecule has 0 spiro atoms. The highest BCUT2D eigenvalue weighted by atomic mass is 32.2. The van der Waals surface area contributed by atoms with Crippen LogP contribution < -0.4 is 4.74 Å². The number of hydrogen-bond donors (Lipinski definition) is 0. The van der Waals surface area contributed by atoms with Gasteiger partial charge in [0.25, 0.3) is 0 Å². The Morgan fingerprint density at radius 3 is 2.62 bits per heavy atom. The van der Waals surface area contributed by atoms with Gasteiger partial charge in [-0.2, -0.15) is 18.3 Å². The third kappa shape index (κ3) is 5.10. The summed E-state index contributed by atoms with van der Waals surface area (Å²) in [6, 6.07) is 7.01. The van der Waals surface area contributed by atoms with Crippen LogP contribution in [0.5, 0.6) is 5.75 Å². The Labute approximate surface area is 197 Å². The van der Waals surface area contributed by atoms with E-state index in [0.717, 1.165) is 6.07 Å². The number of carbonyl (C=O) groups is 1. The number of rotatable bonds is 6. The minimum absolute atomic E-state index is 0.0505. The van der Waals surface area contributed by atoms with Gasteiger partial charge in [0.2, 0.25) is 0 Å². The molecule has 1 atom stereocenters. The van der Waals surface area contributed by atoms with Gasteiger partial charge in [-0.05, 0) is 42.7 Å². The van der Waals surface area contributed by atoms with Crippen molar-refractivity contribution in [1.82, 2.24) is 13.9 Å². The van der Waals surface area contributed by atoms with Gasteiger partial charge < -0.3 is 9.47 Å². The number of halogens is 3. The maximum absolute atomic E-state index is 14.0. The fourth-order valence-corrected chi connectivity index (χ4v) is 4.83. The maximum Gasteiger partial charge on any atom is 0.417 e. The number of esters is 1. The molecule has 34 heavy (non-hydrogen) atoms. The Balaban J connectivity index is 1.74. The highest BCUT2D eigenvalue weighted by Crippen LogP contribution is 2.43. The lowest BCUT2D eigenvalue weighted by atomic mass is 9.97. The van der Waals surface area contributed by atoms with Gasteiger partial charge in [-0.15, -0.1) is 0 Å². The zero-order chi connectivity index (χ0) is 24.5. The van der Waals surface area contributed by atoms with E-state index in [0.29, 0.717) is 42.6 Å². The van der Waals surface area contributed by atoms with E-state index in [1.54, 1.807) is 24.6 Å². The average Bonchev–Trinajstić information content (AvgIpc) is 3.20. The summed E-state index contributed by atoms with van der Waals surface area (Å²) in [6.07, 6.45) is 0.818. The van der Waals surface area contributed by atoms with E-state index in [9.17, 15) is 22.2 Å². The average molecular weight is 496 g/mol. The first kappa shape index (κ1) is 24.2. The number of benzene rings is 1. The van der Waals surface area contributed by atoms with Crippen LogP contribution in [-0.4, -0.2) is 56.7 Å². The van der Waals surface area contributed by atoms with Crippen molar-refractivity contribution < 1.29 is 31.6 Å². The Kier molecular flexibility index (Phi) is 6.94. The van der Waals surface area contributed by atoms with E-state index in [-0.39, 0.29) is 23.8 Å². The molecule has 4 rings (SSSR count). The number of methoxy groups -OCH3 is 1. The van der Waals surface area contributed by atoms with Gasteiger partial charge in [-0.1, -0.05) is 6.07 Å². The second-order valence-electron chi connectivity index (χ2n) is 8.01. The van der Waals surface area contributed by atoms with Crippen LogP contribution in [0.2, 0.25) is 0 Å². The molecule has 0 radical (unpaired) electrons. The molecule has 7 nitrogen and oxygen atoms in total. The number of fused-ring (bicyclic) bond motifs is 1. The zero-order valence-corrected chi connectivity index (χ0v) is 19.5. The molecular formula is C23H24F3N3O4S. The van der Waals surface area contributed by atoms with Crippen molar-refractivity contribution in [2.75, 3.05) is 26.5 Å². The molecule has 0 aliphatic carbocycles. The standard InChI is InChI=1S/C23H24F3N3O4S/c1-32-21(30)13-16-14-27-29-11-6-15(12-19(16)29)22-18(23(24,25)26)4-3-5-20(22)33-17-7-9-28(10-8-17)34(2)31/h3-6,11-12,14,17H,7-10,13H2,1-2H3. The number of aromatic nitrogens is 2. The first-order chi connectivity index (χ1) is 16.2. The number of alkyl halides is 3. The minimum atomic E-state index is -4.60. The first-order valence-corrected chi connectivity index (χ1v) is 12.2. The first-order valence-electron chi connectivity index (χ1n) is 10.7. The highest BCUT2D eigenvalue weighted by molar-refractivity contribution is 7.81. The number of piperidine rings is 1. The predicted octanol–water partition coefficient (Wildman–Crippen LogP) is 3.87. The Bertz CT molecular complexity index is 1220. The summed E-state index contributed by atoms with van der Waals surface area (Å²) in [4.78, 5) is 11.8. The SMILES string of the molecule is COC(=O)Cc1cnn2ccc(-c3c(OC4CCN(S(C)=O)CC4)cccc3C(F)(F)F)cc12. The molecule has 1 fully saturated rings. The van der Waals surface area contributed by atoms with E-state index in [1.165, 1.54) is 30.0 Å². The van der Waals surface area contributed by atoms with Gasteiger partial charge in [0.1, 0.15) is 11.9 Å². The summed E-state index contributed by atoms with van der Waals surface area (Å²) < 4.78 is 67.8. The summed E-state index contributed by atoms with van der Waals surface area (Å²) in [7, 11) is 0.177. The van der Waals surface area contributed by atoms with Crippen molar-refractivity contribution in [2.45, 2.75) is 31.5 Å². The van der Waals surface area contributed by atoms with Crippen LogP contribution in [0.15, 0.2) is 42.7 Å². The Morgan fingerprint density at radius 1 is 1.24 bits per heavy atom. The van der Waals surface area contributed by atoms with Gasteiger partial charge in [0, 0.05) is 36.7 Å². The van der Waals surface area contributed by atoms with Crippen LogP contribution in [0.3, 0.4) is 0 Å². The van der Waals surface area contributed by atoms with Gasteiger partial charge in [0.05, 0.1) is 41.8 Å². The van der Waals surface area contributed by atoms with Crippen molar-refractivity contribution >= 4 is 22.5 Å². The van der Waals surface area contributed by atoms with Gasteiger partial charge in [0.15, 0.2) is 0 Å². The quantitative estimate of drug-likeness (QED) is 0.486. The minimum Gasteiger partial charge on any atom is -0.490 e. The number of ether oxygens (including phenoxy) is 2. The molecule has 1 unspecified atom stereocenters. The fourth-order valence-electron chi connectivity index (χ4n) is 4.10. The lowest BCUT2D eigenvalue weighted by Crippen LogP contribution is -2.38. The van der Waals surface area contributed by atoms with E-state index >= 15 is 0 Å². The largest absolute Gasteiger partial charge is 0.490 e. The third-order valence-electron chi connectivity index (χ3n) is 5.84. The molecule has 0 saturated carbocycles. The lowest BCUT2D eigenvalue weighted by Gasteiger charge is -2.31. The van der Waals surface area contributed by atoms with Crippen molar-refractivity contribution in [3.05, 3.63) is 53.9 Å². The van der Waals surface area contributed by atoms with Crippen LogP contribution >= 0.6 is 0 Å². The predicted molar refractivity (Wildman–Crippen MR) is 121 cm³/mol. The van der Waals surface area contributed by atoms with Crippen LogP contribution in [0.4, 0.5) is 13.2 Å². The summed E-state index contributed by atoms with van der Waals surface area (Å²) in [5, 5.41) is 4.18. The summed E-state index contributed by atoms with van der Waals surface area (Å²) in [5.41, 5.74) is 0.471. The van der Waals surface area contributed by atoms with Crippen LogP contribution in [0.1, 0.15) is 24.0 Å². The summed E-state index contributed by atoms with van der Waals surface area (Å²) >= 11 is 0. The second-order valence-corrected chi connectivity index (χ2v) is 9.38. The monoisotopic (exact) mass is 495 g/mol. The molecule has 3 heterocycles. The van der Waals surface area contributed by atoms with Gasteiger partial charge in [-0.3, -0.25) is 4.79 Å². The molecule has 2 aromatic heterocycles. The molecule has 3 aromatic rings. The molecule has 0 amide bonds. The van der Waals surface area contributed by atoms with Crippen molar-refractivity contribution in [3.8, 4) is 16.9 Å². The summed E-state index contributed by atoms with van der Waals surface area (Å²) in [6.45, 7) is 1.08. The molecule has 1 aliphatic rings. The van der Waals surface area contributed by atoms with Gasteiger partial charge >= 0.3 is 12.1 Å². The number of carbonyl (C=O) groups excluding carboxylic acids is 1. The molecular weight excluding hydrogens is 471 g/mol. The van der Waals surface area contributed by atoms with E-state index < -0.39 is 28.7 Å². The van der Waals surface area contributed by atoms with Crippen LogP contribution in [0.25, 0.3) is 16.6 Å². The number of pyridine rings is 1. The topological polar surface area (TPSA) is 73.1 Å². The normalized spacial score (nSPS) is 16.5. The van der Waals surface area contributed by atoms with E-state index in [4.69, 9.17) is 9.47 Å². The van der Waals surface area contributed by atoms with Crippen LogP contribution in [0, 0.1) is 0 Å². The van der Waals surface area contributed by atoms with E-state index in [1.807, 2.05) is 4.31 Å². The number of nitrogens with zero attached hydrogens (tertiary/aromatic N) is 3. The van der Waals surface area contributed by atoms with Crippen LogP contribution in [-0.2, 0) is 33.1 Å². The van der Waals surface area contributed by atoms with E-state index in [2.05, 4.69) is 5.10 Å². The maximum atomic E-state index is 14.0. The molecule has 11 heteroatoms. The van der Waals surface area contributed by atoms with Gasteiger partial charge in [-0.25, -0.2) is 13.0 Å². The summed E-state index contributed by atoms with van der Waals surface area (Å²) in [5.74, 6) is -0.344. The fraction of sp³-hybridized carbons (Fsp3) is 0.391. The third-order valence-corrected chi connectivity index (χ3v) is 6.93. The number of hydrogen-bond acceptors (Lipinski definition) is 5. The molecule has 0 bridgehead atoms. The highest BCUT2D eigenvalue weighted by Gasteiger charge is 2.36. The Morgan fingerprint density at radius 2 is 1.97 bits per heavy atom. The van der Waals surface area contributed by atoms with Crippen molar-refractivity contribution in [2.24, 2.45) is 0 Å². The van der Waals surface area contributed by atoms with Crippen molar-refractivity contribution in [1.29, 1.82) is 0 Å². The molecule has 1 aliphatic heterocycles. The molecule has 0 N–H and O–H groups in total. The van der Waals surface area contributed by atoms with Crippen molar-refractivity contribution in [3.63, 3.8) is 0 Å². The molecule has 1 aromatic carbocycles. The lowest BCUT2D eigenvalue weighted by molar-refractivity contribution is -0.140. The molecule has 182 valence electrons. The molecule has 1 saturated heterocycles. The zero-order valence-electron chi connectivity index (χ0n) is 18.7. The second kappa shape index (κ2) is 9.75.